The van der Waals surface area contributed by atoms with Gasteiger partial charge in [-0.2, -0.15) is 0 Å². The van der Waals surface area contributed by atoms with Gasteiger partial charge in [0.15, 0.2) is 11.2 Å². The fourth-order valence-corrected chi connectivity index (χ4v) is 4.31. The van der Waals surface area contributed by atoms with Crippen molar-refractivity contribution >= 4 is 51.5 Å². The van der Waals surface area contributed by atoms with E-state index in [-0.39, 0.29) is 0 Å². The van der Waals surface area contributed by atoms with Crippen LogP contribution in [-0.4, -0.2) is 32.9 Å². The molecule has 0 aliphatic rings. The number of benzene rings is 2. The average molecular weight is 515 g/mol. The van der Waals surface area contributed by atoms with Crippen molar-refractivity contribution in [2.45, 2.75) is 26.9 Å². The smallest absolute Gasteiger partial charge is 0.338 e. The third kappa shape index (κ3) is 5.30. The van der Waals surface area contributed by atoms with E-state index in [1.165, 1.54) is 18.3 Å². The number of carbonyl (C=O) groups excluding carboxylic acids is 2. The number of aromatic nitrogens is 3. The highest BCUT2D eigenvalue weighted by molar-refractivity contribution is 7.14. The number of ether oxygens (including phenoxy) is 1. The first kappa shape index (κ1) is 23.9. The molecule has 0 spiro atoms. The number of amides is 1. The van der Waals surface area contributed by atoms with Crippen LogP contribution in [-0.2, 0) is 9.53 Å². The lowest BCUT2D eigenvalue weighted by Gasteiger charge is -2.12. The molecule has 0 aliphatic carbocycles. The molecule has 2 heterocycles. The third-order valence-electron chi connectivity index (χ3n) is 5.12. The van der Waals surface area contributed by atoms with E-state index in [0.717, 1.165) is 22.8 Å². The molecule has 1 unspecified atom stereocenters. The van der Waals surface area contributed by atoms with E-state index in [0.29, 0.717) is 32.0 Å². The fourth-order valence-electron chi connectivity index (χ4n) is 3.09. The minimum atomic E-state index is -1.02. The standard InChI is InChI=1S/C24H20Cl2N4O3S/c1-12-13(2)28-21(27-12)15-4-6-16(7-5-15)23(32)33-14(3)22(31)30-24-29-20(11-34-24)18-9-8-17(25)10-19(18)26/h4-11,14H,1-3H3,(H,27,28)(H,29,30,31). The minimum Gasteiger partial charge on any atom is -0.449 e. The molecule has 4 rings (SSSR count). The Morgan fingerprint density at radius 1 is 1.09 bits per heavy atom. The molecule has 0 saturated carbocycles. The van der Waals surface area contributed by atoms with Crippen molar-refractivity contribution in [3.8, 4) is 22.6 Å². The van der Waals surface area contributed by atoms with Crippen LogP contribution in [0.1, 0.15) is 28.7 Å². The van der Waals surface area contributed by atoms with Gasteiger partial charge in [-0.05, 0) is 51.1 Å². The zero-order valence-electron chi connectivity index (χ0n) is 18.5. The van der Waals surface area contributed by atoms with Crippen molar-refractivity contribution in [2.24, 2.45) is 0 Å². The van der Waals surface area contributed by atoms with E-state index in [1.54, 1.807) is 47.8 Å². The first-order valence-corrected chi connectivity index (χ1v) is 11.9. The van der Waals surface area contributed by atoms with Gasteiger partial charge in [0.2, 0.25) is 0 Å². The number of nitrogens with one attached hydrogen (secondary N) is 2. The molecule has 2 aromatic carbocycles. The molecule has 0 aliphatic heterocycles. The Balaban J connectivity index is 1.37. The van der Waals surface area contributed by atoms with Gasteiger partial charge >= 0.3 is 5.97 Å². The number of nitrogens with zero attached hydrogens (tertiary/aromatic N) is 2. The molecule has 0 radical (unpaired) electrons. The van der Waals surface area contributed by atoms with Crippen molar-refractivity contribution in [3.63, 3.8) is 0 Å². The van der Waals surface area contributed by atoms with E-state index in [9.17, 15) is 9.59 Å². The van der Waals surface area contributed by atoms with Crippen LogP contribution in [0.2, 0.25) is 10.0 Å². The van der Waals surface area contributed by atoms with Crippen molar-refractivity contribution in [3.05, 3.63) is 74.8 Å². The van der Waals surface area contributed by atoms with Gasteiger partial charge in [0.1, 0.15) is 5.82 Å². The van der Waals surface area contributed by atoms with E-state index >= 15 is 0 Å². The maximum absolute atomic E-state index is 12.5. The number of imidazole rings is 1. The zero-order chi connectivity index (χ0) is 24.4. The first-order chi connectivity index (χ1) is 16.2. The van der Waals surface area contributed by atoms with Crippen molar-refractivity contribution < 1.29 is 14.3 Å². The Labute approximate surface area is 210 Å². The monoisotopic (exact) mass is 514 g/mol. The number of aryl methyl sites for hydroxylation is 2. The largest absolute Gasteiger partial charge is 0.449 e. The lowest BCUT2D eigenvalue weighted by molar-refractivity contribution is -0.123. The lowest BCUT2D eigenvalue weighted by Crippen LogP contribution is -2.29. The summed E-state index contributed by atoms with van der Waals surface area (Å²) >= 11 is 13.4. The van der Waals surface area contributed by atoms with Crippen LogP contribution in [0.5, 0.6) is 0 Å². The highest BCUT2D eigenvalue weighted by Gasteiger charge is 2.21. The number of esters is 1. The van der Waals surface area contributed by atoms with Crippen LogP contribution in [0.4, 0.5) is 5.13 Å². The van der Waals surface area contributed by atoms with Crippen LogP contribution in [0, 0.1) is 13.8 Å². The number of hydrogen-bond donors (Lipinski definition) is 2. The van der Waals surface area contributed by atoms with E-state index in [4.69, 9.17) is 27.9 Å². The molecule has 2 N–H and O–H groups in total. The number of aromatic amines is 1. The molecule has 34 heavy (non-hydrogen) atoms. The predicted molar refractivity (Wildman–Crippen MR) is 135 cm³/mol. The summed E-state index contributed by atoms with van der Waals surface area (Å²) in [5.41, 5.74) is 4.39. The molecule has 10 heteroatoms. The molecule has 174 valence electrons. The molecule has 0 fully saturated rings. The van der Waals surface area contributed by atoms with Gasteiger partial charge in [0.05, 0.1) is 22.0 Å². The number of halogens is 2. The molecule has 1 atom stereocenters. The first-order valence-electron chi connectivity index (χ1n) is 10.3. The second-order valence-corrected chi connectivity index (χ2v) is 9.27. The maximum Gasteiger partial charge on any atom is 0.338 e. The van der Waals surface area contributed by atoms with E-state index in [2.05, 4.69) is 20.3 Å². The van der Waals surface area contributed by atoms with Crippen molar-refractivity contribution in [1.29, 1.82) is 0 Å². The van der Waals surface area contributed by atoms with Gasteiger partial charge in [0.25, 0.3) is 5.91 Å². The van der Waals surface area contributed by atoms with Gasteiger partial charge in [-0.15, -0.1) is 11.3 Å². The Morgan fingerprint density at radius 2 is 1.82 bits per heavy atom. The summed E-state index contributed by atoms with van der Waals surface area (Å²) in [5, 5.41) is 5.78. The van der Waals surface area contributed by atoms with Crippen LogP contribution in [0.3, 0.4) is 0 Å². The summed E-state index contributed by atoms with van der Waals surface area (Å²) in [5.74, 6) is -0.367. The highest BCUT2D eigenvalue weighted by atomic mass is 35.5. The van der Waals surface area contributed by atoms with Gasteiger partial charge in [0, 0.05) is 27.2 Å². The molecule has 7 nitrogen and oxygen atoms in total. The molecule has 4 aromatic rings. The van der Waals surface area contributed by atoms with Crippen molar-refractivity contribution in [2.75, 3.05) is 5.32 Å². The Bertz CT molecular complexity index is 1350. The summed E-state index contributed by atoms with van der Waals surface area (Å²) in [6.45, 7) is 5.37. The van der Waals surface area contributed by atoms with E-state index < -0.39 is 18.0 Å². The molecular formula is C24H20Cl2N4O3S. The van der Waals surface area contributed by atoms with Crippen LogP contribution in [0.25, 0.3) is 22.6 Å². The second-order valence-electron chi connectivity index (χ2n) is 7.57. The van der Waals surface area contributed by atoms with Gasteiger partial charge < -0.3 is 9.72 Å². The number of thiazole rings is 1. The number of anilines is 1. The summed E-state index contributed by atoms with van der Waals surface area (Å²) in [7, 11) is 0. The number of H-pyrrole nitrogens is 1. The number of rotatable bonds is 6. The average Bonchev–Trinajstić information content (AvgIpc) is 3.40. The quantitative estimate of drug-likeness (QED) is 0.294. The maximum atomic E-state index is 12.5. The summed E-state index contributed by atoms with van der Waals surface area (Å²) in [6.07, 6.45) is -1.02. The zero-order valence-corrected chi connectivity index (χ0v) is 20.8. The molecule has 0 bridgehead atoms. The highest BCUT2D eigenvalue weighted by Crippen LogP contribution is 2.32. The summed E-state index contributed by atoms with van der Waals surface area (Å²) in [6, 6.07) is 11.9. The Hall–Kier alpha value is -3.20. The molecule has 1 amide bonds. The van der Waals surface area contributed by atoms with Gasteiger partial charge in [-0.25, -0.2) is 14.8 Å². The fraction of sp³-hybridized carbons (Fsp3) is 0.167. The predicted octanol–water partition coefficient (Wildman–Crippen LogP) is 6.31. The van der Waals surface area contributed by atoms with Crippen LogP contribution in [0.15, 0.2) is 47.8 Å². The lowest BCUT2D eigenvalue weighted by atomic mass is 10.1. The van der Waals surface area contributed by atoms with E-state index in [1.807, 2.05) is 13.8 Å². The minimum absolute atomic E-state index is 0.331. The SMILES string of the molecule is Cc1nc(-c2ccc(C(=O)OC(C)C(=O)Nc3nc(-c4ccc(Cl)cc4Cl)cs3)cc2)[nH]c1C. The van der Waals surface area contributed by atoms with Crippen molar-refractivity contribution in [1.82, 2.24) is 15.0 Å². The normalized spacial score (nSPS) is 11.8. The second kappa shape index (κ2) is 9.97. The Morgan fingerprint density at radius 3 is 2.47 bits per heavy atom. The van der Waals surface area contributed by atoms with Crippen LogP contribution >= 0.6 is 34.5 Å². The Kier molecular flexibility index (Phi) is 7.02. The number of hydrogen-bond acceptors (Lipinski definition) is 6. The molecule has 0 saturated heterocycles. The van der Waals surface area contributed by atoms with Gasteiger partial charge in [-0.1, -0.05) is 35.3 Å². The number of carbonyl (C=O) groups is 2. The molecule has 2 aromatic heterocycles. The van der Waals surface area contributed by atoms with Gasteiger partial charge in [-0.3, -0.25) is 10.1 Å². The topological polar surface area (TPSA) is 97.0 Å². The summed E-state index contributed by atoms with van der Waals surface area (Å²) in [4.78, 5) is 37.1. The third-order valence-corrected chi connectivity index (χ3v) is 6.42. The molecular weight excluding hydrogens is 495 g/mol. The van der Waals surface area contributed by atoms with Crippen LogP contribution < -0.4 is 5.32 Å². The summed E-state index contributed by atoms with van der Waals surface area (Å²) < 4.78 is 5.33.